The van der Waals surface area contributed by atoms with E-state index in [4.69, 9.17) is 33.0 Å². The molecule has 10 nitrogen and oxygen atoms in total. The summed E-state index contributed by atoms with van der Waals surface area (Å²) in [5.41, 5.74) is 2.30. The van der Waals surface area contributed by atoms with Gasteiger partial charge in [-0.3, -0.25) is 14.4 Å². The van der Waals surface area contributed by atoms with Crippen molar-refractivity contribution >= 4 is 52.6 Å². The first-order valence-corrected chi connectivity index (χ1v) is 14.0. The number of ether oxygens (including phenoxy) is 1. The van der Waals surface area contributed by atoms with Crippen molar-refractivity contribution in [3.63, 3.8) is 0 Å². The molecule has 0 aliphatic heterocycles. The zero-order valence-electron chi connectivity index (χ0n) is 22.5. The van der Waals surface area contributed by atoms with Crippen molar-refractivity contribution < 1.29 is 34.1 Å². The quantitative estimate of drug-likeness (QED) is 0.197. The first-order chi connectivity index (χ1) is 19.1. The van der Waals surface area contributed by atoms with Crippen LogP contribution in [0.15, 0.2) is 42.5 Å². The number of nitrogens with one attached hydrogen (secondary N) is 2. The van der Waals surface area contributed by atoms with Crippen LogP contribution in [0.25, 0.3) is 0 Å². The first-order valence-electron chi connectivity index (χ1n) is 12.9. The number of carboxylic acid groups (broad SMARTS) is 2. The lowest BCUT2D eigenvalue weighted by molar-refractivity contribution is -0.143. The normalized spacial score (nSPS) is 12.2. The number of alkyl halides is 2. The zero-order chi connectivity index (χ0) is 29.7. The molecule has 2 rings (SSSR count). The average Bonchev–Trinajstić information content (AvgIpc) is 2.90. The highest BCUT2D eigenvalue weighted by molar-refractivity contribution is 6.18. The van der Waals surface area contributed by atoms with E-state index in [2.05, 4.69) is 15.5 Å². The Morgan fingerprint density at radius 3 is 2.05 bits per heavy atom. The van der Waals surface area contributed by atoms with E-state index in [1.54, 1.807) is 24.3 Å². The molecule has 12 heteroatoms. The summed E-state index contributed by atoms with van der Waals surface area (Å²) in [5, 5.41) is 23.1. The summed E-state index contributed by atoms with van der Waals surface area (Å²) < 4.78 is 5.95. The zero-order valence-corrected chi connectivity index (χ0v) is 24.0. The van der Waals surface area contributed by atoms with E-state index in [0.29, 0.717) is 42.8 Å². The predicted octanol–water partition coefficient (Wildman–Crippen LogP) is 4.40. The van der Waals surface area contributed by atoms with Gasteiger partial charge in [-0.2, -0.15) is 0 Å². The van der Waals surface area contributed by atoms with Crippen molar-refractivity contribution in [2.24, 2.45) is 0 Å². The molecule has 2 aromatic carbocycles. The third-order valence-electron chi connectivity index (χ3n) is 6.03. The molecule has 0 aliphatic carbocycles. The van der Waals surface area contributed by atoms with Crippen molar-refractivity contribution in [3.8, 4) is 11.5 Å². The number of carboxylic acids is 2. The van der Waals surface area contributed by atoms with E-state index in [9.17, 15) is 24.3 Å². The summed E-state index contributed by atoms with van der Waals surface area (Å²) in [6.07, 6.45) is 0.130. The topological polar surface area (TPSA) is 145 Å². The maximum Gasteiger partial charge on any atom is 0.326 e. The van der Waals surface area contributed by atoms with Gasteiger partial charge in [0.2, 0.25) is 5.91 Å². The Bertz CT molecular complexity index is 1160. The van der Waals surface area contributed by atoms with Crippen molar-refractivity contribution in [1.29, 1.82) is 0 Å². The van der Waals surface area contributed by atoms with E-state index in [1.807, 2.05) is 32.0 Å². The number of carbonyl (C=O) groups is 4. The molecule has 0 fully saturated rings. The molecule has 2 aromatic rings. The molecule has 0 saturated heterocycles. The molecule has 2 atom stereocenters. The molecule has 218 valence electrons. The second-order valence-electron chi connectivity index (χ2n) is 9.09. The molecule has 0 saturated carbocycles. The molecule has 0 bridgehead atoms. The molecule has 0 aliphatic rings. The van der Waals surface area contributed by atoms with Crippen molar-refractivity contribution in [1.82, 2.24) is 10.6 Å². The molecule has 0 heterocycles. The monoisotopic (exact) mass is 595 g/mol. The van der Waals surface area contributed by atoms with Gasteiger partial charge in [0, 0.05) is 42.5 Å². The largest absolute Gasteiger partial charge is 0.481 e. The van der Waals surface area contributed by atoms with Gasteiger partial charge in [-0.15, -0.1) is 23.2 Å². The van der Waals surface area contributed by atoms with Crippen LogP contribution in [0, 0.1) is 6.92 Å². The number of aliphatic carboxylic acids is 2. The van der Waals surface area contributed by atoms with E-state index in [1.165, 1.54) is 0 Å². The van der Waals surface area contributed by atoms with Crippen LogP contribution in [0.4, 0.5) is 5.69 Å². The van der Waals surface area contributed by atoms with Crippen molar-refractivity contribution in [3.05, 3.63) is 53.6 Å². The lowest BCUT2D eigenvalue weighted by Crippen LogP contribution is -2.51. The molecule has 2 amide bonds. The highest BCUT2D eigenvalue weighted by Gasteiger charge is 2.27. The van der Waals surface area contributed by atoms with Gasteiger partial charge >= 0.3 is 11.9 Å². The Kier molecular flexibility index (Phi) is 13.5. The fourth-order valence-electron chi connectivity index (χ4n) is 4.01. The van der Waals surface area contributed by atoms with Crippen LogP contribution in [0.3, 0.4) is 0 Å². The number of hydrogen-bond acceptors (Lipinski definition) is 6. The molecule has 40 heavy (non-hydrogen) atoms. The molecule has 0 unspecified atom stereocenters. The van der Waals surface area contributed by atoms with Crippen LogP contribution < -0.4 is 20.3 Å². The summed E-state index contributed by atoms with van der Waals surface area (Å²) in [4.78, 5) is 49.9. The maximum absolute atomic E-state index is 12.8. The minimum Gasteiger partial charge on any atom is -0.481 e. The van der Waals surface area contributed by atoms with E-state index >= 15 is 0 Å². The fourth-order valence-corrected chi connectivity index (χ4v) is 4.42. The molecular weight excluding hydrogens is 561 g/mol. The van der Waals surface area contributed by atoms with Gasteiger partial charge in [-0.05, 0) is 67.8 Å². The average molecular weight is 597 g/mol. The van der Waals surface area contributed by atoms with Gasteiger partial charge in [0.15, 0.2) is 0 Å². The van der Waals surface area contributed by atoms with Gasteiger partial charge in [0.25, 0.3) is 5.91 Å². The van der Waals surface area contributed by atoms with Crippen LogP contribution in [0.5, 0.6) is 11.5 Å². The predicted molar refractivity (Wildman–Crippen MR) is 154 cm³/mol. The number of nitrogens with zero attached hydrogens (tertiary/aromatic N) is 1. The lowest BCUT2D eigenvalue weighted by atomic mass is 10.1. The Hall–Kier alpha value is -3.50. The standard InChI is InChI=1S/C28H35Cl2N3O7/c1-3-4-22(27(37)32-23(28(38)39)10-12-25(34)35)31-26(36)19-5-7-20(8-6-19)40-21-9-11-24(18(2)17-21)33(15-13-29)16-14-30/h5-9,11,17,22-23H,3-4,10,12-16H2,1-2H3,(H,31,36)(H,32,37)(H,34,35)(H,38,39)/t22-,23-/m0/s1. The fraction of sp³-hybridized carbons (Fsp3) is 0.429. The number of hydrogen-bond donors (Lipinski definition) is 4. The van der Waals surface area contributed by atoms with Crippen LogP contribution in [-0.2, 0) is 14.4 Å². The van der Waals surface area contributed by atoms with Crippen LogP contribution in [0.1, 0.15) is 48.5 Å². The van der Waals surface area contributed by atoms with Crippen molar-refractivity contribution in [2.75, 3.05) is 29.7 Å². The number of carbonyl (C=O) groups excluding carboxylic acids is 2. The third kappa shape index (κ3) is 10.2. The first kappa shape index (κ1) is 32.7. The van der Waals surface area contributed by atoms with E-state index in [0.717, 1.165) is 11.3 Å². The number of halogens is 2. The molecule has 0 spiro atoms. The summed E-state index contributed by atoms with van der Waals surface area (Å²) >= 11 is 11.8. The maximum atomic E-state index is 12.8. The van der Waals surface area contributed by atoms with Gasteiger partial charge in [-0.1, -0.05) is 13.3 Å². The Labute approximate surface area is 243 Å². The Morgan fingerprint density at radius 2 is 1.52 bits per heavy atom. The summed E-state index contributed by atoms with van der Waals surface area (Å²) in [6.45, 7) is 5.13. The smallest absolute Gasteiger partial charge is 0.326 e. The SMILES string of the molecule is CCC[C@H](NC(=O)c1ccc(Oc2ccc(N(CCCl)CCCl)c(C)c2)cc1)C(=O)N[C@@H](CCC(=O)O)C(=O)O. The third-order valence-corrected chi connectivity index (χ3v) is 6.37. The van der Waals surface area contributed by atoms with Crippen LogP contribution >= 0.6 is 23.2 Å². The van der Waals surface area contributed by atoms with Gasteiger partial charge < -0.3 is 30.5 Å². The van der Waals surface area contributed by atoms with E-state index < -0.39 is 42.3 Å². The molecule has 0 radical (unpaired) electrons. The van der Waals surface area contributed by atoms with Crippen LogP contribution in [0.2, 0.25) is 0 Å². The Morgan fingerprint density at radius 1 is 0.900 bits per heavy atom. The van der Waals surface area contributed by atoms with Gasteiger partial charge in [0.05, 0.1) is 0 Å². The molecule has 0 aromatic heterocycles. The molecule has 4 N–H and O–H groups in total. The second kappa shape index (κ2) is 16.6. The molecular formula is C28H35Cl2N3O7. The van der Waals surface area contributed by atoms with Gasteiger partial charge in [0.1, 0.15) is 23.6 Å². The number of anilines is 1. The second-order valence-corrected chi connectivity index (χ2v) is 9.84. The lowest BCUT2D eigenvalue weighted by Gasteiger charge is -2.25. The summed E-state index contributed by atoms with van der Waals surface area (Å²) in [5.74, 6) is -1.64. The van der Waals surface area contributed by atoms with Gasteiger partial charge in [-0.25, -0.2) is 4.79 Å². The Balaban J connectivity index is 2.05. The number of amides is 2. The number of rotatable bonds is 17. The highest BCUT2D eigenvalue weighted by atomic mass is 35.5. The highest BCUT2D eigenvalue weighted by Crippen LogP contribution is 2.28. The number of aryl methyl sites for hydroxylation is 1. The number of benzene rings is 2. The minimum atomic E-state index is -1.38. The summed E-state index contributed by atoms with van der Waals surface area (Å²) in [6, 6.07) is 9.70. The minimum absolute atomic E-state index is 0.270. The van der Waals surface area contributed by atoms with Crippen LogP contribution in [-0.4, -0.2) is 70.9 Å². The summed E-state index contributed by atoms with van der Waals surface area (Å²) in [7, 11) is 0. The van der Waals surface area contributed by atoms with Crippen molar-refractivity contribution in [2.45, 2.75) is 51.6 Å². The van der Waals surface area contributed by atoms with E-state index in [-0.39, 0.29) is 18.4 Å².